The average Bonchev–Trinajstić information content (AvgIpc) is 1.63. The molecule has 0 aliphatic carbocycles. The van der Waals surface area contributed by atoms with Crippen molar-refractivity contribution in [3.05, 3.63) is 0 Å². The molecule has 0 spiro atoms. The molecule has 0 saturated carbocycles. The normalized spacial score (nSPS) is 12.6. The zero-order valence-corrected chi connectivity index (χ0v) is 6.15. The van der Waals surface area contributed by atoms with Crippen molar-refractivity contribution in [1.29, 1.82) is 0 Å². The third-order valence-electron chi connectivity index (χ3n) is 0.586. The van der Waals surface area contributed by atoms with Crippen molar-refractivity contribution in [2.24, 2.45) is 15.9 Å². The molecule has 4 nitrogen and oxygen atoms in total. The molecule has 0 aliphatic heterocycles. The van der Waals surface area contributed by atoms with Crippen molar-refractivity contribution < 1.29 is 4.21 Å². The quantitative estimate of drug-likeness (QED) is 0.412. The van der Waals surface area contributed by atoms with E-state index in [0.29, 0.717) is 5.75 Å². The van der Waals surface area contributed by atoms with Crippen LogP contribution in [0.15, 0.2) is 4.40 Å². The first-order valence-corrected chi connectivity index (χ1v) is 3.92. The number of hydrogen-bond donors (Lipinski definition) is 2. The minimum Gasteiger partial charge on any atom is -0.369 e. The summed E-state index contributed by atoms with van der Waals surface area (Å²) in [5.41, 5.74) is 9.92. The van der Waals surface area contributed by atoms with Crippen LogP contribution in [0.3, 0.4) is 0 Å². The van der Waals surface area contributed by atoms with Crippen LogP contribution in [0.2, 0.25) is 0 Å². The van der Waals surface area contributed by atoms with Crippen LogP contribution < -0.4 is 11.5 Å². The summed E-state index contributed by atoms with van der Waals surface area (Å²) in [5, 5.41) is 0. The van der Waals surface area contributed by atoms with E-state index < -0.39 is 11.0 Å². The molecule has 0 rings (SSSR count). The third kappa shape index (κ3) is 5.29. The SMILES string of the molecule is CCCS(=O)N=C(N)N. The standard InChI is InChI=1S/C4H11N3OS/c1-2-3-9(8)7-4(5)6/h2-3H2,1H3,(H4,5,6,7). The van der Waals surface area contributed by atoms with E-state index in [9.17, 15) is 4.21 Å². The van der Waals surface area contributed by atoms with Gasteiger partial charge in [-0.15, -0.1) is 0 Å². The lowest BCUT2D eigenvalue weighted by atomic mass is 10.6. The van der Waals surface area contributed by atoms with Gasteiger partial charge in [-0.1, -0.05) is 6.92 Å². The monoisotopic (exact) mass is 149 g/mol. The Morgan fingerprint density at radius 2 is 2.22 bits per heavy atom. The Hall–Kier alpha value is -0.580. The summed E-state index contributed by atoms with van der Waals surface area (Å²) in [6.07, 6.45) is 0.823. The fraction of sp³-hybridized carbons (Fsp3) is 0.750. The van der Waals surface area contributed by atoms with Gasteiger partial charge in [0.1, 0.15) is 11.0 Å². The molecule has 1 atom stereocenters. The first-order valence-electron chi connectivity index (χ1n) is 2.65. The highest BCUT2D eigenvalue weighted by Gasteiger charge is 1.91. The van der Waals surface area contributed by atoms with E-state index in [4.69, 9.17) is 11.5 Å². The molecule has 0 aromatic rings. The number of rotatable bonds is 3. The van der Waals surface area contributed by atoms with E-state index >= 15 is 0 Å². The average molecular weight is 149 g/mol. The lowest BCUT2D eigenvalue weighted by Crippen LogP contribution is -2.23. The number of guanidine groups is 1. The Balaban J connectivity index is 3.63. The Labute approximate surface area is 56.9 Å². The molecular weight excluding hydrogens is 138 g/mol. The van der Waals surface area contributed by atoms with Crippen molar-refractivity contribution in [2.45, 2.75) is 13.3 Å². The summed E-state index contributed by atoms with van der Waals surface area (Å²) in [5.74, 6) is 0.416. The minimum atomic E-state index is -1.21. The first-order chi connectivity index (χ1) is 4.16. The van der Waals surface area contributed by atoms with Crippen LogP contribution in [-0.4, -0.2) is 15.9 Å². The molecule has 0 saturated heterocycles. The summed E-state index contributed by atoms with van der Waals surface area (Å²) < 4.78 is 14.0. The van der Waals surface area contributed by atoms with Gasteiger partial charge < -0.3 is 11.5 Å². The fourth-order valence-electron chi connectivity index (χ4n) is 0.338. The van der Waals surface area contributed by atoms with Crippen LogP contribution in [0.4, 0.5) is 0 Å². The highest BCUT2D eigenvalue weighted by atomic mass is 32.2. The highest BCUT2D eigenvalue weighted by Crippen LogP contribution is 1.85. The number of hydrogen-bond acceptors (Lipinski definition) is 1. The second-order valence-corrected chi connectivity index (χ2v) is 2.78. The van der Waals surface area contributed by atoms with Crippen LogP contribution in [-0.2, 0) is 11.0 Å². The van der Waals surface area contributed by atoms with E-state index in [0.717, 1.165) is 6.42 Å². The van der Waals surface area contributed by atoms with Gasteiger partial charge >= 0.3 is 0 Å². The van der Waals surface area contributed by atoms with E-state index in [2.05, 4.69) is 4.40 Å². The van der Waals surface area contributed by atoms with Gasteiger partial charge in [-0.2, -0.15) is 4.40 Å². The molecule has 0 amide bonds. The Kier molecular flexibility index (Phi) is 4.04. The van der Waals surface area contributed by atoms with Crippen molar-refractivity contribution in [2.75, 3.05) is 5.75 Å². The molecule has 0 radical (unpaired) electrons. The number of nitrogens with zero attached hydrogens (tertiary/aromatic N) is 1. The van der Waals surface area contributed by atoms with Gasteiger partial charge in [-0.05, 0) is 6.42 Å². The van der Waals surface area contributed by atoms with Crippen molar-refractivity contribution in [3.8, 4) is 0 Å². The Morgan fingerprint density at radius 1 is 1.67 bits per heavy atom. The van der Waals surface area contributed by atoms with Crippen LogP contribution in [0.1, 0.15) is 13.3 Å². The molecule has 0 heterocycles. The minimum absolute atomic E-state index is 0.109. The van der Waals surface area contributed by atoms with Gasteiger partial charge in [-0.25, -0.2) is 4.21 Å². The maximum Gasteiger partial charge on any atom is 0.200 e. The highest BCUT2D eigenvalue weighted by molar-refractivity contribution is 7.83. The fourth-order valence-corrected chi connectivity index (χ4v) is 1.01. The van der Waals surface area contributed by atoms with Crippen LogP contribution in [0.25, 0.3) is 0 Å². The maximum atomic E-state index is 10.6. The molecule has 0 aromatic carbocycles. The van der Waals surface area contributed by atoms with Gasteiger partial charge in [-0.3, -0.25) is 0 Å². The van der Waals surface area contributed by atoms with Gasteiger partial charge in [0.15, 0.2) is 5.96 Å². The topological polar surface area (TPSA) is 81.5 Å². The zero-order valence-electron chi connectivity index (χ0n) is 5.33. The summed E-state index contributed by atoms with van der Waals surface area (Å²) in [6.45, 7) is 1.92. The van der Waals surface area contributed by atoms with Crippen molar-refractivity contribution in [1.82, 2.24) is 0 Å². The summed E-state index contributed by atoms with van der Waals surface area (Å²) in [4.78, 5) is 0. The van der Waals surface area contributed by atoms with Gasteiger partial charge in [0.25, 0.3) is 0 Å². The van der Waals surface area contributed by atoms with Crippen LogP contribution >= 0.6 is 0 Å². The maximum absolute atomic E-state index is 10.6. The van der Waals surface area contributed by atoms with E-state index in [1.165, 1.54) is 0 Å². The molecule has 0 bridgehead atoms. The molecule has 1 unspecified atom stereocenters. The Morgan fingerprint density at radius 3 is 2.56 bits per heavy atom. The van der Waals surface area contributed by atoms with Crippen molar-refractivity contribution in [3.63, 3.8) is 0 Å². The predicted octanol–water partition coefficient (Wildman–Crippen LogP) is -0.666. The van der Waals surface area contributed by atoms with E-state index in [-0.39, 0.29) is 5.96 Å². The second kappa shape index (κ2) is 4.31. The number of nitrogens with two attached hydrogens (primary N) is 2. The summed E-state index contributed by atoms with van der Waals surface area (Å²) in [7, 11) is -1.21. The largest absolute Gasteiger partial charge is 0.369 e. The molecule has 0 fully saturated rings. The third-order valence-corrected chi connectivity index (χ3v) is 1.76. The molecule has 54 valence electrons. The Bertz CT molecular complexity index is 130. The summed E-state index contributed by atoms with van der Waals surface area (Å²) in [6, 6.07) is 0. The van der Waals surface area contributed by atoms with Crippen molar-refractivity contribution >= 4 is 16.9 Å². The molecule has 5 heteroatoms. The van der Waals surface area contributed by atoms with Gasteiger partial charge in [0.05, 0.1) is 0 Å². The van der Waals surface area contributed by atoms with Gasteiger partial charge in [0.2, 0.25) is 0 Å². The molecule has 9 heavy (non-hydrogen) atoms. The van der Waals surface area contributed by atoms with Crippen LogP contribution in [0.5, 0.6) is 0 Å². The smallest absolute Gasteiger partial charge is 0.200 e. The van der Waals surface area contributed by atoms with Crippen LogP contribution in [0, 0.1) is 0 Å². The zero-order chi connectivity index (χ0) is 7.28. The van der Waals surface area contributed by atoms with Gasteiger partial charge in [0, 0.05) is 5.75 Å². The van der Waals surface area contributed by atoms with E-state index in [1.807, 2.05) is 6.92 Å². The first kappa shape index (κ1) is 8.42. The predicted molar refractivity (Wildman–Crippen MR) is 39.1 cm³/mol. The molecule has 4 N–H and O–H groups in total. The lowest BCUT2D eigenvalue weighted by Gasteiger charge is -1.90. The van der Waals surface area contributed by atoms with E-state index in [1.54, 1.807) is 0 Å². The molecule has 0 aromatic heterocycles. The summed E-state index contributed by atoms with van der Waals surface area (Å²) >= 11 is 0. The molecular formula is C4H11N3OS. The lowest BCUT2D eigenvalue weighted by molar-refractivity contribution is 0.683. The second-order valence-electron chi connectivity index (χ2n) is 1.54. The molecule has 0 aliphatic rings.